The Morgan fingerprint density at radius 2 is 1.84 bits per heavy atom. The Balaban J connectivity index is 1.71. The van der Waals surface area contributed by atoms with Crippen molar-refractivity contribution < 1.29 is 9.53 Å². The molecule has 0 unspecified atom stereocenters. The summed E-state index contributed by atoms with van der Waals surface area (Å²) in [5, 5.41) is 3.16. The molecule has 2 aromatic carbocycles. The summed E-state index contributed by atoms with van der Waals surface area (Å²) in [6, 6.07) is 21.9. The third-order valence-electron chi connectivity index (χ3n) is 3.68. The SMILES string of the molecule is NC(=O)[C@H](Nc1cccc(OCc2ccccn2)c1)c1ccccc1. The number of aromatic nitrogens is 1. The Hall–Kier alpha value is -3.34. The Morgan fingerprint density at radius 3 is 2.56 bits per heavy atom. The summed E-state index contributed by atoms with van der Waals surface area (Å²) in [5.74, 6) is 0.248. The normalized spacial score (nSPS) is 11.5. The van der Waals surface area contributed by atoms with Gasteiger partial charge in [-0.05, 0) is 29.8 Å². The Bertz CT molecular complexity index is 823. The third kappa shape index (κ3) is 4.57. The number of nitrogens with two attached hydrogens (primary N) is 1. The number of primary amides is 1. The lowest BCUT2D eigenvalue weighted by molar-refractivity contribution is -0.118. The van der Waals surface area contributed by atoms with Crippen molar-refractivity contribution in [2.45, 2.75) is 12.6 Å². The van der Waals surface area contributed by atoms with E-state index in [1.165, 1.54) is 0 Å². The highest BCUT2D eigenvalue weighted by Crippen LogP contribution is 2.23. The minimum atomic E-state index is -0.604. The van der Waals surface area contributed by atoms with E-state index in [9.17, 15) is 4.79 Å². The quantitative estimate of drug-likeness (QED) is 0.695. The summed E-state index contributed by atoms with van der Waals surface area (Å²) in [7, 11) is 0. The Labute approximate surface area is 146 Å². The highest BCUT2D eigenvalue weighted by atomic mass is 16.5. The number of ether oxygens (including phenoxy) is 1. The number of anilines is 1. The van der Waals surface area contributed by atoms with Crippen molar-refractivity contribution in [1.29, 1.82) is 0 Å². The molecule has 0 aliphatic rings. The molecule has 5 nitrogen and oxygen atoms in total. The van der Waals surface area contributed by atoms with Crippen LogP contribution in [0.5, 0.6) is 5.75 Å². The predicted molar refractivity (Wildman–Crippen MR) is 97.0 cm³/mol. The zero-order chi connectivity index (χ0) is 17.5. The number of nitrogens with zero attached hydrogens (tertiary/aromatic N) is 1. The first-order chi connectivity index (χ1) is 12.2. The largest absolute Gasteiger partial charge is 0.487 e. The van der Waals surface area contributed by atoms with Crippen LogP contribution in [-0.2, 0) is 11.4 Å². The average molecular weight is 333 g/mol. The van der Waals surface area contributed by atoms with Gasteiger partial charge in [-0.15, -0.1) is 0 Å². The zero-order valence-corrected chi connectivity index (χ0v) is 13.6. The van der Waals surface area contributed by atoms with Crippen LogP contribution >= 0.6 is 0 Å². The van der Waals surface area contributed by atoms with Gasteiger partial charge in [0.25, 0.3) is 0 Å². The average Bonchev–Trinajstić information content (AvgIpc) is 2.66. The molecule has 3 N–H and O–H groups in total. The molecule has 5 heteroatoms. The summed E-state index contributed by atoms with van der Waals surface area (Å²) in [5.41, 5.74) is 7.97. The van der Waals surface area contributed by atoms with Crippen molar-refractivity contribution in [3.8, 4) is 5.75 Å². The van der Waals surface area contributed by atoms with Crippen molar-refractivity contribution in [2.24, 2.45) is 5.73 Å². The number of amides is 1. The molecule has 0 aliphatic carbocycles. The van der Waals surface area contributed by atoms with Crippen LogP contribution in [0.1, 0.15) is 17.3 Å². The first-order valence-electron chi connectivity index (χ1n) is 7.96. The minimum Gasteiger partial charge on any atom is -0.487 e. The van der Waals surface area contributed by atoms with Gasteiger partial charge in [-0.1, -0.05) is 42.5 Å². The molecule has 1 amide bonds. The van der Waals surface area contributed by atoms with Crippen LogP contribution in [0.25, 0.3) is 0 Å². The number of hydrogen-bond donors (Lipinski definition) is 2. The van der Waals surface area contributed by atoms with Crippen molar-refractivity contribution >= 4 is 11.6 Å². The third-order valence-corrected chi connectivity index (χ3v) is 3.68. The molecular formula is C20H19N3O2. The maximum atomic E-state index is 11.8. The summed E-state index contributed by atoms with van der Waals surface area (Å²) in [6.07, 6.45) is 1.73. The smallest absolute Gasteiger partial charge is 0.244 e. The monoisotopic (exact) mass is 333 g/mol. The van der Waals surface area contributed by atoms with Gasteiger partial charge in [0.05, 0.1) is 5.69 Å². The standard InChI is InChI=1S/C20H19N3O2/c21-20(24)19(15-7-2-1-3-8-15)23-16-10-6-11-18(13-16)25-14-17-9-4-5-12-22-17/h1-13,19,23H,14H2,(H2,21,24)/t19-/m1/s1. The van der Waals surface area contributed by atoms with Gasteiger partial charge in [0.1, 0.15) is 18.4 Å². The van der Waals surface area contributed by atoms with E-state index in [2.05, 4.69) is 10.3 Å². The van der Waals surface area contributed by atoms with E-state index >= 15 is 0 Å². The van der Waals surface area contributed by atoms with Crippen LogP contribution in [0.2, 0.25) is 0 Å². The second kappa shape index (κ2) is 7.97. The molecule has 1 heterocycles. The van der Waals surface area contributed by atoms with E-state index in [-0.39, 0.29) is 0 Å². The summed E-state index contributed by atoms with van der Waals surface area (Å²) >= 11 is 0. The second-order valence-corrected chi connectivity index (χ2v) is 5.53. The van der Waals surface area contributed by atoms with Gasteiger partial charge >= 0.3 is 0 Å². The Kier molecular flexibility index (Phi) is 5.26. The van der Waals surface area contributed by atoms with Crippen molar-refractivity contribution in [1.82, 2.24) is 4.98 Å². The fraction of sp³-hybridized carbons (Fsp3) is 0.100. The number of pyridine rings is 1. The summed E-state index contributed by atoms with van der Waals surface area (Å²) < 4.78 is 5.76. The van der Waals surface area contributed by atoms with E-state index in [0.29, 0.717) is 12.4 Å². The van der Waals surface area contributed by atoms with Crippen LogP contribution in [0, 0.1) is 0 Å². The number of nitrogens with one attached hydrogen (secondary N) is 1. The lowest BCUT2D eigenvalue weighted by Crippen LogP contribution is -2.27. The number of rotatable bonds is 7. The van der Waals surface area contributed by atoms with Crippen LogP contribution in [-0.4, -0.2) is 10.9 Å². The maximum absolute atomic E-state index is 11.8. The molecule has 1 aromatic heterocycles. The van der Waals surface area contributed by atoms with Gasteiger partial charge in [-0.25, -0.2) is 0 Å². The number of carbonyl (C=O) groups excluding carboxylic acids is 1. The molecule has 3 rings (SSSR count). The Morgan fingerprint density at radius 1 is 1.04 bits per heavy atom. The number of hydrogen-bond acceptors (Lipinski definition) is 4. The zero-order valence-electron chi connectivity index (χ0n) is 13.6. The molecule has 0 fully saturated rings. The van der Waals surface area contributed by atoms with Gasteiger partial charge in [-0.2, -0.15) is 0 Å². The maximum Gasteiger partial charge on any atom is 0.244 e. The second-order valence-electron chi connectivity index (χ2n) is 5.53. The van der Waals surface area contributed by atoms with Gasteiger partial charge < -0.3 is 15.8 Å². The van der Waals surface area contributed by atoms with E-state index in [1.807, 2.05) is 72.8 Å². The molecule has 25 heavy (non-hydrogen) atoms. The van der Waals surface area contributed by atoms with Gasteiger partial charge in [0.15, 0.2) is 0 Å². The van der Waals surface area contributed by atoms with E-state index in [1.54, 1.807) is 6.20 Å². The summed E-state index contributed by atoms with van der Waals surface area (Å²) in [4.78, 5) is 16.0. The molecule has 1 atom stereocenters. The molecule has 0 saturated heterocycles. The lowest BCUT2D eigenvalue weighted by Gasteiger charge is -2.17. The van der Waals surface area contributed by atoms with E-state index in [0.717, 1.165) is 16.9 Å². The van der Waals surface area contributed by atoms with Crippen molar-refractivity contribution in [3.05, 3.63) is 90.3 Å². The molecule has 0 radical (unpaired) electrons. The highest BCUT2D eigenvalue weighted by Gasteiger charge is 2.17. The van der Waals surface area contributed by atoms with Crippen molar-refractivity contribution in [2.75, 3.05) is 5.32 Å². The van der Waals surface area contributed by atoms with Crippen LogP contribution in [0.4, 0.5) is 5.69 Å². The molecule has 0 saturated carbocycles. The predicted octanol–water partition coefficient (Wildman–Crippen LogP) is 3.30. The number of carbonyl (C=O) groups is 1. The van der Waals surface area contributed by atoms with E-state index in [4.69, 9.17) is 10.5 Å². The fourth-order valence-electron chi connectivity index (χ4n) is 2.45. The minimum absolute atomic E-state index is 0.377. The molecule has 0 aliphatic heterocycles. The van der Waals surface area contributed by atoms with Gasteiger partial charge in [0.2, 0.25) is 5.91 Å². The summed E-state index contributed by atoms with van der Waals surface area (Å²) in [6.45, 7) is 0.377. The lowest BCUT2D eigenvalue weighted by atomic mass is 10.1. The molecular weight excluding hydrogens is 314 g/mol. The van der Waals surface area contributed by atoms with Gasteiger partial charge in [0, 0.05) is 18.0 Å². The first kappa shape index (κ1) is 16.5. The van der Waals surface area contributed by atoms with E-state index < -0.39 is 11.9 Å². The van der Waals surface area contributed by atoms with Crippen LogP contribution in [0.15, 0.2) is 79.0 Å². The number of benzene rings is 2. The van der Waals surface area contributed by atoms with Crippen LogP contribution < -0.4 is 15.8 Å². The first-order valence-corrected chi connectivity index (χ1v) is 7.96. The highest BCUT2D eigenvalue weighted by molar-refractivity contribution is 5.84. The topological polar surface area (TPSA) is 77.2 Å². The van der Waals surface area contributed by atoms with Crippen molar-refractivity contribution in [3.63, 3.8) is 0 Å². The molecule has 126 valence electrons. The fourth-order valence-corrected chi connectivity index (χ4v) is 2.45. The van der Waals surface area contributed by atoms with Crippen LogP contribution in [0.3, 0.4) is 0 Å². The molecule has 3 aromatic rings. The van der Waals surface area contributed by atoms with Gasteiger partial charge in [-0.3, -0.25) is 9.78 Å². The molecule has 0 bridgehead atoms. The molecule has 0 spiro atoms.